The zero-order valence-electron chi connectivity index (χ0n) is 12.4. The Hall–Kier alpha value is -3.95. The maximum atomic E-state index is 10.9. The predicted octanol–water partition coefficient (Wildman–Crippen LogP) is 2.90. The van der Waals surface area contributed by atoms with E-state index in [1.54, 1.807) is 24.4 Å². The van der Waals surface area contributed by atoms with E-state index in [0.29, 0.717) is 22.8 Å². The molecule has 0 bridgehead atoms. The number of rotatable bonds is 4. The number of fused-ring (bicyclic) bond motifs is 1. The lowest BCUT2D eigenvalue weighted by Crippen LogP contribution is -1.96. The van der Waals surface area contributed by atoms with E-state index >= 15 is 0 Å². The zero-order chi connectivity index (χ0) is 18.0. The van der Waals surface area contributed by atoms with Gasteiger partial charge >= 0.3 is 5.69 Å². The molecule has 0 saturated carbocycles. The van der Waals surface area contributed by atoms with Gasteiger partial charge in [0.1, 0.15) is 0 Å². The molecule has 0 spiro atoms. The van der Waals surface area contributed by atoms with Crippen molar-refractivity contribution in [1.82, 2.24) is 9.97 Å². The number of hydrogen-bond acceptors (Lipinski definition) is 8. The van der Waals surface area contributed by atoms with Crippen LogP contribution in [0.1, 0.15) is 5.56 Å². The minimum Gasteiger partial charge on any atom is -0.502 e. The van der Waals surface area contributed by atoms with Crippen LogP contribution in [0.4, 0.5) is 17.1 Å². The first-order valence-electron chi connectivity index (χ1n) is 6.86. The molecule has 2 aromatic carbocycles. The van der Waals surface area contributed by atoms with Crippen molar-refractivity contribution in [2.45, 2.75) is 0 Å². The molecule has 0 radical (unpaired) electrons. The van der Waals surface area contributed by atoms with Gasteiger partial charge in [0.05, 0.1) is 32.6 Å². The van der Waals surface area contributed by atoms with Gasteiger partial charge < -0.3 is 5.11 Å². The number of aromatic nitrogens is 2. The van der Waals surface area contributed by atoms with E-state index in [-0.39, 0.29) is 5.56 Å². The van der Waals surface area contributed by atoms with E-state index in [0.717, 1.165) is 12.3 Å². The third-order valence-corrected chi connectivity index (χ3v) is 3.32. The third-order valence-electron chi connectivity index (χ3n) is 3.32. The van der Waals surface area contributed by atoms with E-state index in [1.165, 1.54) is 6.20 Å². The van der Waals surface area contributed by atoms with Gasteiger partial charge in [0.15, 0.2) is 0 Å². The highest BCUT2D eigenvalue weighted by Gasteiger charge is 2.22. The fourth-order valence-electron chi connectivity index (χ4n) is 2.14. The topological polar surface area (TPSA) is 145 Å². The molecule has 0 unspecified atom stereocenters. The number of phenolic OH excluding ortho intramolecular Hbond substituents is 1. The second-order valence-corrected chi connectivity index (χ2v) is 4.90. The minimum absolute atomic E-state index is 0.139. The Morgan fingerprint density at radius 2 is 1.72 bits per heavy atom. The van der Waals surface area contributed by atoms with Gasteiger partial charge in [-0.05, 0) is 18.2 Å². The summed E-state index contributed by atoms with van der Waals surface area (Å²) in [5.41, 5.74) is 0.277. The average molecular weight is 339 g/mol. The van der Waals surface area contributed by atoms with Crippen molar-refractivity contribution in [1.29, 1.82) is 0 Å². The van der Waals surface area contributed by atoms with E-state index in [9.17, 15) is 25.3 Å². The van der Waals surface area contributed by atoms with Crippen LogP contribution in [0.3, 0.4) is 0 Å². The van der Waals surface area contributed by atoms with E-state index in [2.05, 4.69) is 15.0 Å². The summed E-state index contributed by atoms with van der Waals surface area (Å²) in [6.07, 6.45) is 4.18. The molecule has 1 aromatic heterocycles. The molecule has 124 valence electrons. The highest BCUT2D eigenvalue weighted by molar-refractivity contribution is 5.89. The number of hydrogen-bond donors (Lipinski definition) is 1. The Labute approximate surface area is 139 Å². The van der Waals surface area contributed by atoms with Gasteiger partial charge in [0.25, 0.3) is 5.69 Å². The fourth-order valence-corrected chi connectivity index (χ4v) is 2.14. The number of phenols is 1. The van der Waals surface area contributed by atoms with E-state index < -0.39 is 27.0 Å². The number of aromatic hydroxyl groups is 1. The lowest BCUT2D eigenvalue weighted by Gasteiger charge is -2.01. The highest BCUT2D eigenvalue weighted by Crippen LogP contribution is 2.33. The van der Waals surface area contributed by atoms with Crippen LogP contribution in [0.5, 0.6) is 5.75 Å². The molecule has 0 amide bonds. The maximum Gasteiger partial charge on any atom is 0.318 e. The molecular formula is C15H9N5O5. The van der Waals surface area contributed by atoms with Crippen molar-refractivity contribution >= 4 is 34.3 Å². The highest BCUT2D eigenvalue weighted by atomic mass is 16.6. The van der Waals surface area contributed by atoms with Crippen molar-refractivity contribution in [2.24, 2.45) is 4.99 Å². The van der Waals surface area contributed by atoms with Crippen molar-refractivity contribution < 1.29 is 15.0 Å². The lowest BCUT2D eigenvalue weighted by atomic mass is 10.1. The van der Waals surface area contributed by atoms with Gasteiger partial charge in [-0.1, -0.05) is 0 Å². The number of non-ortho nitro benzene ring substituents is 1. The Kier molecular flexibility index (Phi) is 4.00. The van der Waals surface area contributed by atoms with Crippen LogP contribution >= 0.6 is 0 Å². The Morgan fingerprint density at radius 1 is 1.00 bits per heavy atom. The molecule has 10 heteroatoms. The maximum absolute atomic E-state index is 10.9. The summed E-state index contributed by atoms with van der Waals surface area (Å²) in [5.74, 6) is -0.695. The number of nitro benzene ring substituents is 2. The molecule has 0 aliphatic carbocycles. The van der Waals surface area contributed by atoms with Crippen LogP contribution in [0.25, 0.3) is 11.0 Å². The first kappa shape index (κ1) is 15.9. The largest absolute Gasteiger partial charge is 0.502 e. The predicted molar refractivity (Wildman–Crippen MR) is 88.2 cm³/mol. The van der Waals surface area contributed by atoms with Crippen LogP contribution in [-0.2, 0) is 0 Å². The number of aliphatic imine (C=N–C) groups is 1. The van der Waals surface area contributed by atoms with Crippen LogP contribution in [-0.4, -0.2) is 31.1 Å². The summed E-state index contributed by atoms with van der Waals surface area (Å²) in [5, 5.41) is 31.8. The van der Waals surface area contributed by atoms with Crippen LogP contribution < -0.4 is 0 Å². The van der Waals surface area contributed by atoms with Gasteiger partial charge in [-0.3, -0.25) is 35.2 Å². The molecule has 10 nitrogen and oxygen atoms in total. The Bertz CT molecular complexity index is 1030. The van der Waals surface area contributed by atoms with Gasteiger partial charge in [-0.2, -0.15) is 0 Å². The zero-order valence-corrected chi connectivity index (χ0v) is 12.4. The summed E-state index contributed by atoms with van der Waals surface area (Å²) >= 11 is 0. The average Bonchev–Trinajstić information content (AvgIpc) is 2.60. The summed E-state index contributed by atoms with van der Waals surface area (Å²) < 4.78 is 0. The molecule has 0 fully saturated rings. The van der Waals surface area contributed by atoms with Crippen LogP contribution in [0.2, 0.25) is 0 Å². The summed E-state index contributed by atoms with van der Waals surface area (Å²) in [6, 6.07) is 6.65. The molecular weight excluding hydrogens is 330 g/mol. The molecule has 25 heavy (non-hydrogen) atoms. The van der Waals surface area contributed by atoms with Crippen molar-refractivity contribution in [3.63, 3.8) is 0 Å². The quantitative estimate of drug-likeness (QED) is 0.437. The molecule has 0 atom stereocenters. The van der Waals surface area contributed by atoms with Crippen molar-refractivity contribution in [3.05, 3.63) is 68.5 Å². The normalized spacial score (nSPS) is 11.0. The Morgan fingerprint density at radius 3 is 2.40 bits per heavy atom. The first-order valence-corrected chi connectivity index (χ1v) is 6.86. The number of benzene rings is 2. The molecule has 0 aliphatic rings. The molecule has 0 aliphatic heterocycles. The standard InChI is InChI=1S/C15H9N5O5/c21-15-9(5-11(19(22)23)7-14(15)20(24)25)8-18-10-1-2-12-13(6-10)17-4-3-16-12/h1-8,21H. The van der Waals surface area contributed by atoms with Gasteiger partial charge in [0, 0.05) is 30.2 Å². The van der Waals surface area contributed by atoms with Gasteiger partial charge in [-0.25, -0.2) is 0 Å². The number of nitro groups is 2. The van der Waals surface area contributed by atoms with Gasteiger partial charge in [-0.15, -0.1) is 0 Å². The van der Waals surface area contributed by atoms with Gasteiger partial charge in [0.2, 0.25) is 5.75 Å². The molecule has 3 rings (SSSR count). The minimum atomic E-state index is -0.898. The lowest BCUT2D eigenvalue weighted by molar-refractivity contribution is -0.394. The molecule has 0 saturated heterocycles. The van der Waals surface area contributed by atoms with E-state index in [4.69, 9.17) is 0 Å². The summed E-state index contributed by atoms with van der Waals surface area (Å²) in [6.45, 7) is 0. The van der Waals surface area contributed by atoms with Crippen LogP contribution in [0, 0.1) is 20.2 Å². The Balaban J connectivity index is 2.04. The van der Waals surface area contributed by atoms with Crippen molar-refractivity contribution in [3.8, 4) is 5.75 Å². The molecule has 3 aromatic rings. The van der Waals surface area contributed by atoms with Crippen LogP contribution in [0.15, 0.2) is 47.7 Å². The second-order valence-electron chi connectivity index (χ2n) is 4.90. The molecule has 1 heterocycles. The third kappa shape index (κ3) is 3.22. The van der Waals surface area contributed by atoms with Crippen molar-refractivity contribution in [2.75, 3.05) is 0 Å². The monoisotopic (exact) mass is 339 g/mol. The number of nitrogens with zero attached hydrogens (tertiary/aromatic N) is 5. The second kappa shape index (κ2) is 6.28. The SMILES string of the molecule is O=[N+]([O-])c1cc(C=Nc2ccc3nccnc3c2)c(O)c([N+](=O)[O-])c1. The first-order chi connectivity index (χ1) is 12.0. The summed E-state index contributed by atoms with van der Waals surface area (Å²) in [7, 11) is 0. The van der Waals surface area contributed by atoms with E-state index in [1.807, 2.05) is 0 Å². The fraction of sp³-hybridized carbons (Fsp3) is 0. The summed E-state index contributed by atoms with van der Waals surface area (Å²) in [4.78, 5) is 32.5. The molecule has 1 N–H and O–H groups in total. The smallest absolute Gasteiger partial charge is 0.318 e.